The Kier molecular flexibility index (Phi) is 5.25. The summed E-state index contributed by atoms with van der Waals surface area (Å²) in [7, 11) is -3.07. The van der Waals surface area contributed by atoms with Crippen LogP contribution < -0.4 is 5.32 Å². The first kappa shape index (κ1) is 16.7. The van der Waals surface area contributed by atoms with Crippen LogP contribution in [0.4, 0.5) is 0 Å². The molecule has 2 rings (SSSR count). The fourth-order valence-corrected chi connectivity index (χ4v) is 4.42. The maximum absolute atomic E-state index is 11.6. The molecule has 0 aromatic heterocycles. The van der Waals surface area contributed by atoms with Crippen molar-refractivity contribution in [3.63, 3.8) is 0 Å². The average molecular weight is 314 g/mol. The van der Waals surface area contributed by atoms with E-state index in [0.29, 0.717) is 19.1 Å². The molecule has 2 atom stereocenters. The van der Waals surface area contributed by atoms with Gasteiger partial charge in [-0.05, 0) is 32.2 Å². The van der Waals surface area contributed by atoms with Crippen LogP contribution in [0.3, 0.4) is 0 Å². The molecule has 0 bridgehead atoms. The van der Waals surface area contributed by atoms with Crippen molar-refractivity contribution in [2.75, 3.05) is 39.0 Å². The number of nitrogens with zero attached hydrogens (tertiary/aromatic N) is 3. The van der Waals surface area contributed by atoms with Crippen LogP contribution in [0, 0.1) is 11.3 Å². The number of nitrogens with one attached hydrogen (secondary N) is 1. The minimum atomic E-state index is -3.07. The lowest BCUT2D eigenvalue weighted by molar-refractivity contribution is 0.0879. The Balaban J connectivity index is 1.96. The van der Waals surface area contributed by atoms with Crippen molar-refractivity contribution in [2.24, 2.45) is 0 Å². The lowest BCUT2D eigenvalue weighted by Crippen LogP contribution is -2.57. The van der Waals surface area contributed by atoms with Crippen molar-refractivity contribution < 1.29 is 8.42 Å². The third-order valence-corrected chi connectivity index (χ3v) is 6.02. The van der Waals surface area contributed by atoms with Crippen molar-refractivity contribution in [3.05, 3.63) is 0 Å². The Hall–Kier alpha value is -0.680. The summed E-state index contributed by atoms with van der Waals surface area (Å²) in [5.41, 5.74) is -0.397. The van der Waals surface area contributed by atoms with E-state index in [-0.39, 0.29) is 0 Å². The van der Waals surface area contributed by atoms with E-state index in [1.165, 1.54) is 6.26 Å². The molecule has 6 nitrogen and oxygen atoms in total. The van der Waals surface area contributed by atoms with E-state index in [0.717, 1.165) is 45.3 Å². The van der Waals surface area contributed by atoms with Crippen LogP contribution in [0.5, 0.6) is 0 Å². The molecule has 2 aliphatic rings. The van der Waals surface area contributed by atoms with Crippen molar-refractivity contribution >= 4 is 10.0 Å². The number of hydrogen-bond donors (Lipinski definition) is 1. The third kappa shape index (κ3) is 3.95. The smallest absolute Gasteiger partial charge is 0.211 e. The molecule has 0 spiro atoms. The first-order valence-corrected chi connectivity index (χ1v) is 9.60. The van der Waals surface area contributed by atoms with Crippen molar-refractivity contribution in [2.45, 2.75) is 44.2 Å². The quantitative estimate of drug-likeness (QED) is 0.812. The van der Waals surface area contributed by atoms with Crippen LogP contribution in [0.1, 0.15) is 32.6 Å². The van der Waals surface area contributed by atoms with E-state index in [1.54, 1.807) is 4.31 Å². The molecule has 1 aliphatic carbocycles. The Morgan fingerprint density at radius 2 is 2.00 bits per heavy atom. The maximum atomic E-state index is 11.6. The molecule has 1 N–H and O–H groups in total. The summed E-state index contributed by atoms with van der Waals surface area (Å²) < 4.78 is 24.7. The summed E-state index contributed by atoms with van der Waals surface area (Å²) in [5, 5.41) is 12.9. The Labute approximate surface area is 128 Å². The standard InChI is InChI=1S/C14H26N4O2S/c1-3-16-14(12-15)6-4-5-13(11-14)17-7-9-18(10-8-17)21(2,19)20/h13,16H,3-11H2,1-2H3. The normalized spacial score (nSPS) is 32.7. The van der Waals surface area contributed by atoms with Crippen LogP contribution >= 0.6 is 0 Å². The molecule has 1 saturated heterocycles. The van der Waals surface area contributed by atoms with E-state index >= 15 is 0 Å². The van der Waals surface area contributed by atoms with E-state index in [2.05, 4.69) is 16.3 Å². The molecule has 0 aromatic carbocycles. The van der Waals surface area contributed by atoms with Gasteiger partial charge in [0.05, 0.1) is 12.3 Å². The molecule has 0 radical (unpaired) electrons. The number of hydrogen-bond acceptors (Lipinski definition) is 5. The Morgan fingerprint density at radius 3 is 2.52 bits per heavy atom. The van der Waals surface area contributed by atoms with E-state index in [4.69, 9.17) is 0 Å². The monoisotopic (exact) mass is 314 g/mol. The topological polar surface area (TPSA) is 76.4 Å². The van der Waals surface area contributed by atoms with Gasteiger partial charge in [-0.2, -0.15) is 9.57 Å². The summed E-state index contributed by atoms with van der Waals surface area (Å²) in [6.07, 6.45) is 5.19. The van der Waals surface area contributed by atoms with Gasteiger partial charge >= 0.3 is 0 Å². The number of rotatable bonds is 4. The van der Waals surface area contributed by atoms with Crippen LogP contribution in [-0.2, 0) is 10.0 Å². The van der Waals surface area contributed by atoms with Gasteiger partial charge in [0.15, 0.2) is 0 Å². The second-order valence-electron chi connectivity index (χ2n) is 6.17. The molecule has 1 aliphatic heterocycles. The molecule has 1 saturated carbocycles. The summed E-state index contributed by atoms with van der Waals surface area (Å²) in [5.74, 6) is 0. The van der Waals surface area contributed by atoms with Crippen molar-refractivity contribution in [1.82, 2.24) is 14.5 Å². The first-order valence-electron chi connectivity index (χ1n) is 7.76. The molecule has 0 amide bonds. The molecular weight excluding hydrogens is 288 g/mol. The van der Waals surface area contributed by atoms with Gasteiger partial charge in [0.1, 0.15) is 5.54 Å². The predicted octanol–water partition coefficient (Wildman–Crippen LogP) is 0.378. The predicted molar refractivity (Wildman–Crippen MR) is 82.3 cm³/mol. The Bertz CT molecular complexity index is 490. The van der Waals surface area contributed by atoms with Crippen LogP contribution in [0.2, 0.25) is 0 Å². The van der Waals surface area contributed by atoms with Crippen molar-refractivity contribution in [3.8, 4) is 6.07 Å². The van der Waals surface area contributed by atoms with Crippen molar-refractivity contribution in [1.29, 1.82) is 5.26 Å². The van der Waals surface area contributed by atoms with Gasteiger partial charge in [-0.25, -0.2) is 8.42 Å². The molecular formula is C14H26N4O2S. The van der Waals surface area contributed by atoms with Gasteiger partial charge in [-0.1, -0.05) is 6.92 Å². The number of nitriles is 1. The first-order chi connectivity index (χ1) is 9.90. The number of piperazine rings is 1. The van der Waals surface area contributed by atoms with Crippen LogP contribution in [0.25, 0.3) is 0 Å². The van der Waals surface area contributed by atoms with Gasteiger partial charge in [-0.15, -0.1) is 0 Å². The van der Waals surface area contributed by atoms with E-state index in [1.807, 2.05) is 6.92 Å². The minimum Gasteiger partial charge on any atom is -0.300 e. The van der Waals surface area contributed by atoms with Gasteiger partial charge in [-0.3, -0.25) is 10.2 Å². The second-order valence-corrected chi connectivity index (χ2v) is 8.15. The minimum absolute atomic E-state index is 0.388. The fraction of sp³-hybridized carbons (Fsp3) is 0.929. The zero-order valence-electron chi connectivity index (χ0n) is 13.0. The van der Waals surface area contributed by atoms with Crippen LogP contribution in [-0.4, -0.2) is 68.2 Å². The van der Waals surface area contributed by atoms with Gasteiger partial charge in [0.25, 0.3) is 0 Å². The average Bonchev–Trinajstić information content (AvgIpc) is 2.47. The van der Waals surface area contributed by atoms with Crippen LogP contribution in [0.15, 0.2) is 0 Å². The molecule has 21 heavy (non-hydrogen) atoms. The highest BCUT2D eigenvalue weighted by molar-refractivity contribution is 7.88. The number of sulfonamides is 1. The lowest BCUT2D eigenvalue weighted by Gasteiger charge is -2.44. The largest absolute Gasteiger partial charge is 0.300 e. The van der Waals surface area contributed by atoms with Gasteiger partial charge in [0.2, 0.25) is 10.0 Å². The lowest BCUT2D eigenvalue weighted by atomic mass is 9.79. The van der Waals surface area contributed by atoms with Gasteiger partial charge in [0, 0.05) is 32.2 Å². The highest BCUT2D eigenvalue weighted by Crippen LogP contribution is 2.31. The zero-order valence-corrected chi connectivity index (χ0v) is 13.8. The maximum Gasteiger partial charge on any atom is 0.211 e. The zero-order chi connectivity index (χ0) is 15.5. The fourth-order valence-electron chi connectivity index (χ4n) is 3.60. The van der Waals surface area contributed by atoms with Gasteiger partial charge < -0.3 is 0 Å². The second kappa shape index (κ2) is 6.61. The molecule has 2 unspecified atom stereocenters. The molecule has 120 valence electrons. The molecule has 2 fully saturated rings. The summed E-state index contributed by atoms with van der Waals surface area (Å²) in [6, 6.07) is 2.86. The summed E-state index contributed by atoms with van der Waals surface area (Å²) >= 11 is 0. The molecule has 0 aromatic rings. The molecule has 7 heteroatoms. The van der Waals surface area contributed by atoms with E-state index < -0.39 is 15.6 Å². The summed E-state index contributed by atoms with van der Waals surface area (Å²) in [4.78, 5) is 2.37. The highest BCUT2D eigenvalue weighted by atomic mass is 32.2. The molecule has 1 heterocycles. The Morgan fingerprint density at radius 1 is 1.33 bits per heavy atom. The van der Waals surface area contributed by atoms with E-state index in [9.17, 15) is 13.7 Å². The highest BCUT2D eigenvalue weighted by Gasteiger charge is 2.39. The summed E-state index contributed by atoms with van der Waals surface area (Å²) in [6.45, 7) is 5.51. The SMILES string of the molecule is CCNC1(C#N)CCCC(N2CCN(S(C)(=O)=O)CC2)C1. The third-order valence-electron chi connectivity index (χ3n) is 4.71.